The highest BCUT2D eigenvalue weighted by molar-refractivity contribution is 9.10. The molecule has 2 aromatic carbocycles. The number of cyclic esters (lactones) is 1. The number of halogens is 2. The molecule has 0 aromatic heterocycles. The summed E-state index contributed by atoms with van der Waals surface area (Å²) < 4.78 is 29.5. The number of aliphatic imine (C=N–C) groups is 1. The van der Waals surface area contributed by atoms with Crippen molar-refractivity contribution in [2.45, 2.75) is 0 Å². The lowest BCUT2D eigenvalue weighted by molar-refractivity contribution is -0.129. The summed E-state index contributed by atoms with van der Waals surface area (Å²) in [7, 11) is 0. The van der Waals surface area contributed by atoms with Crippen LogP contribution in [0.4, 0.5) is 4.39 Å². The van der Waals surface area contributed by atoms with E-state index in [4.69, 9.17) is 14.2 Å². The molecule has 0 saturated carbocycles. The molecule has 2 aliphatic heterocycles. The third-order valence-electron chi connectivity index (χ3n) is 3.50. The molecule has 5 nitrogen and oxygen atoms in total. The van der Waals surface area contributed by atoms with Crippen molar-refractivity contribution in [1.82, 2.24) is 0 Å². The summed E-state index contributed by atoms with van der Waals surface area (Å²) in [5.74, 6) is 0.429. The van der Waals surface area contributed by atoms with Gasteiger partial charge < -0.3 is 14.2 Å². The van der Waals surface area contributed by atoms with Crippen molar-refractivity contribution in [3.8, 4) is 11.5 Å². The Morgan fingerprint density at radius 2 is 1.83 bits per heavy atom. The maximum Gasteiger partial charge on any atom is 0.363 e. The smallest absolute Gasteiger partial charge is 0.363 e. The summed E-state index contributed by atoms with van der Waals surface area (Å²) in [6.45, 7) is 0.163. The van der Waals surface area contributed by atoms with Gasteiger partial charge in [0.1, 0.15) is 5.82 Å². The Morgan fingerprint density at radius 1 is 1.12 bits per heavy atom. The molecule has 0 aliphatic carbocycles. The quantitative estimate of drug-likeness (QED) is 0.580. The fourth-order valence-corrected chi connectivity index (χ4v) is 2.75. The molecular weight excluding hydrogens is 381 g/mol. The van der Waals surface area contributed by atoms with Crippen LogP contribution in [0.5, 0.6) is 11.5 Å². The van der Waals surface area contributed by atoms with Crippen LogP contribution in [0.25, 0.3) is 6.08 Å². The third-order valence-corrected chi connectivity index (χ3v) is 4.18. The number of hydrogen-bond acceptors (Lipinski definition) is 5. The van der Waals surface area contributed by atoms with Gasteiger partial charge in [0.25, 0.3) is 0 Å². The van der Waals surface area contributed by atoms with Crippen molar-refractivity contribution in [3.63, 3.8) is 0 Å². The van der Waals surface area contributed by atoms with E-state index in [9.17, 15) is 9.18 Å². The highest BCUT2D eigenvalue weighted by Gasteiger charge is 2.25. The number of benzene rings is 2. The maximum absolute atomic E-state index is 13.0. The molecule has 4 rings (SSSR count). The minimum absolute atomic E-state index is 0.142. The Hall–Kier alpha value is -2.67. The van der Waals surface area contributed by atoms with Crippen molar-refractivity contribution in [1.29, 1.82) is 0 Å². The second-order valence-electron chi connectivity index (χ2n) is 5.07. The van der Waals surface area contributed by atoms with Crippen LogP contribution in [0.3, 0.4) is 0 Å². The zero-order valence-electron chi connectivity index (χ0n) is 12.1. The summed E-state index contributed by atoms with van der Waals surface area (Å²) in [4.78, 5) is 16.2. The van der Waals surface area contributed by atoms with Gasteiger partial charge in [-0.2, -0.15) is 0 Å². The molecule has 0 amide bonds. The van der Waals surface area contributed by atoms with E-state index in [0.29, 0.717) is 22.6 Å². The SMILES string of the molecule is O=C1OC(c2ccc(F)cc2)=NC1=Cc1cc2c(cc1Br)OCO2. The van der Waals surface area contributed by atoms with E-state index in [-0.39, 0.29) is 24.2 Å². The molecule has 2 heterocycles. The number of rotatable bonds is 2. The molecule has 2 aliphatic rings. The second-order valence-corrected chi connectivity index (χ2v) is 5.92. The van der Waals surface area contributed by atoms with Crippen LogP contribution in [0.2, 0.25) is 0 Å². The predicted octanol–water partition coefficient (Wildman–Crippen LogP) is 3.66. The first-order valence-corrected chi connectivity index (χ1v) is 7.77. The summed E-state index contributed by atoms with van der Waals surface area (Å²) in [6, 6.07) is 9.07. The maximum atomic E-state index is 13.0. The summed E-state index contributed by atoms with van der Waals surface area (Å²) in [5, 5.41) is 0. The van der Waals surface area contributed by atoms with E-state index >= 15 is 0 Å². The topological polar surface area (TPSA) is 57.1 Å². The monoisotopic (exact) mass is 389 g/mol. The molecule has 0 spiro atoms. The van der Waals surface area contributed by atoms with Gasteiger partial charge >= 0.3 is 5.97 Å². The van der Waals surface area contributed by atoms with E-state index in [1.54, 1.807) is 18.2 Å². The number of ether oxygens (including phenoxy) is 3. The zero-order valence-corrected chi connectivity index (χ0v) is 13.7. The molecule has 2 aromatic rings. The van der Waals surface area contributed by atoms with Crippen molar-refractivity contribution in [3.05, 3.63) is 63.5 Å². The number of esters is 1. The van der Waals surface area contributed by atoms with Crippen molar-refractivity contribution < 1.29 is 23.4 Å². The first kappa shape index (κ1) is 14.9. The van der Waals surface area contributed by atoms with Crippen molar-refractivity contribution in [2.75, 3.05) is 6.79 Å². The normalized spacial score (nSPS) is 17.2. The molecule has 0 N–H and O–H groups in total. The Morgan fingerprint density at radius 3 is 2.58 bits per heavy atom. The number of fused-ring (bicyclic) bond motifs is 1. The number of carbonyl (C=O) groups is 1. The van der Waals surface area contributed by atoms with E-state index in [1.807, 2.05) is 0 Å². The summed E-state index contributed by atoms with van der Waals surface area (Å²) in [5.41, 5.74) is 1.38. The van der Waals surface area contributed by atoms with Crippen molar-refractivity contribution in [2.24, 2.45) is 4.99 Å². The minimum Gasteiger partial charge on any atom is -0.454 e. The lowest BCUT2D eigenvalue weighted by atomic mass is 10.1. The average Bonchev–Trinajstić information content (AvgIpc) is 3.15. The Bertz CT molecular complexity index is 906. The molecule has 7 heteroatoms. The van der Waals surface area contributed by atoms with Gasteiger partial charge in [-0.3, -0.25) is 0 Å². The molecule has 0 saturated heterocycles. The average molecular weight is 390 g/mol. The highest BCUT2D eigenvalue weighted by Crippen LogP contribution is 2.38. The lowest BCUT2D eigenvalue weighted by Gasteiger charge is -2.02. The number of carbonyl (C=O) groups excluding carboxylic acids is 1. The predicted molar refractivity (Wildman–Crippen MR) is 87.3 cm³/mol. The van der Waals surface area contributed by atoms with Crippen LogP contribution >= 0.6 is 15.9 Å². The number of hydrogen-bond donors (Lipinski definition) is 0. The third kappa shape index (κ3) is 2.67. The largest absolute Gasteiger partial charge is 0.454 e. The van der Waals surface area contributed by atoms with Gasteiger partial charge in [-0.25, -0.2) is 14.2 Å². The molecule has 24 heavy (non-hydrogen) atoms. The molecular formula is C17H9BrFNO4. The van der Waals surface area contributed by atoms with E-state index in [2.05, 4.69) is 20.9 Å². The molecule has 0 atom stereocenters. The van der Waals surface area contributed by atoms with Gasteiger partial charge in [0.2, 0.25) is 12.7 Å². The summed E-state index contributed by atoms with van der Waals surface area (Å²) in [6.07, 6.45) is 1.59. The molecule has 120 valence electrons. The van der Waals surface area contributed by atoms with Crippen LogP contribution in [-0.2, 0) is 9.53 Å². The molecule has 0 bridgehead atoms. The minimum atomic E-state index is -0.570. The molecule has 0 fully saturated rings. The van der Waals surface area contributed by atoms with Crippen LogP contribution in [0.1, 0.15) is 11.1 Å². The Kier molecular flexibility index (Phi) is 3.57. The lowest BCUT2D eigenvalue weighted by Crippen LogP contribution is -2.05. The standard InChI is InChI=1S/C17H9BrFNO4/c18-12-7-15-14(22-8-23-15)6-10(12)5-13-17(21)24-16(20-13)9-1-3-11(19)4-2-9/h1-7H,8H2. The van der Waals surface area contributed by atoms with E-state index in [0.717, 1.165) is 4.47 Å². The van der Waals surface area contributed by atoms with Gasteiger partial charge in [-0.05, 0) is 48.0 Å². The van der Waals surface area contributed by atoms with Crippen LogP contribution < -0.4 is 9.47 Å². The first-order valence-electron chi connectivity index (χ1n) is 6.98. The Balaban J connectivity index is 1.70. The van der Waals surface area contributed by atoms with Gasteiger partial charge in [0.15, 0.2) is 17.2 Å². The van der Waals surface area contributed by atoms with E-state index < -0.39 is 5.97 Å². The van der Waals surface area contributed by atoms with Crippen molar-refractivity contribution >= 4 is 33.9 Å². The van der Waals surface area contributed by atoms with Crippen LogP contribution in [-0.4, -0.2) is 18.7 Å². The Labute approximate surface area is 144 Å². The first-order chi connectivity index (χ1) is 11.6. The number of nitrogens with zero attached hydrogens (tertiary/aromatic N) is 1. The fraction of sp³-hybridized carbons (Fsp3) is 0.0588. The van der Waals surface area contributed by atoms with E-state index in [1.165, 1.54) is 24.3 Å². The molecule has 0 radical (unpaired) electrons. The van der Waals surface area contributed by atoms with Crippen LogP contribution in [0.15, 0.2) is 51.6 Å². The van der Waals surface area contributed by atoms with Gasteiger partial charge in [0.05, 0.1) is 0 Å². The molecule has 0 unspecified atom stereocenters. The second kappa shape index (κ2) is 5.76. The zero-order chi connectivity index (χ0) is 16.7. The van der Waals surface area contributed by atoms with Crippen LogP contribution in [0, 0.1) is 5.82 Å². The van der Waals surface area contributed by atoms with Gasteiger partial charge in [-0.15, -0.1) is 0 Å². The fourth-order valence-electron chi connectivity index (χ4n) is 2.32. The highest BCUT2D eigenvalue weighted by atomic mass is 79.9. The summed E-state index contributed by atoms with van der Waals surface area (Å²) >= 11 is 3.42. The van der Waals surface area contributed by atoms with Gasteiger partial charge in [-0.1, -0.05) is 15.9 Å². The van der Waals surface area contributed by atoms with Gasteiger partial charge in [0, 0.05) is 10.0 Å².